The average molecular weight is 220 g/mol. The fourth-order valence-electron chi connectivity index (χ4n) is 2.00. The lowest BCUT2D eigenvalue weighted by molar-refractivity contribution is -0.139. The van der Waals surface area contributed by atoms with E-state index in [1.807, 2.05) is 24.3 Å². The van der Waals surface area contributed by atoms with Crippen LogP contribution in [0.1, 0.15) is 30.7 Å². The maximum absolute atomic E-state index is 11.3. The van der Waals surface area contributed by atoms with E-state index in [4.69, 9.17) is 4.74 Å². The quantitative estimate of drug-likeness (QED) is 0.829. The van der Waals surface area contributed by atoms with E-state index < -0.39 is 11.9 Å². The molecule has 1 unspecified atom stereocenters. The van der Waals surface area contributed by atoms with Gasteiger partial charge < -0.3 is 9.84 Å². The van der Waals surface area contributed by atoms with Crippen molar-refractivity contribution in [3.63, 3.8) is 0 Å². The van der Waals surface area contributed by atoms with E-state index in [9.17, 15) is 9.90 Å². The smallest absolute Gasteiger partial charge is 0.311 e. The first-order valence-electron chi connectivity index (χ1n) is 5.58. The van der Waals surface area contributed by atoms with Gasteiger partial charge in [0.2, 0.25) is 0 Å². The lowest BCUT2D eigenvalue weighted by atomic mass is 9.93. The van der Waals surface area contributed by atoms with Crippen LogP contribution in [0.3, 0.4) is 0 Å². The molecule has 2 rings (SSSR count). The third kappa shape index (κ3) is 2.35. The number of benzene rings is 1. The zero-order chi connectivity index (χ0) is 11.5. The molecule has 1 saturated carbocycles. The molecule has 16 heavy (non-hydrogen) atoms. The highest BCUT2D eigenvalue weighted by molar-refractivity contribution is 5.77. The topological polar surface area (TPSA) is 46.5 Å². The van der Waals surface area contributed by atoms with Gasteiger partial charge in [0.15, 0.2) is 0 Å². The molecule has 1 aliphatic rings. The van der Waals surface area contributed by atoms with Crippen molar-refractivity contribution in [3.05, 3.63) is 29.8 Å². The number of rotatable bonds is 5. The summed E-state index contributed by atoms with van der Waals surface area (Å²) in [6, 6.07) is 7.39. The first-order chi connectivity index (χ1) is 7.72. The maximum atomic E-state index is 11.3. The SMILES string of the molecule is COc1ccccc1C(CC1CC1)C(=O)O. The fraction of sp³-hybridized carbons (Fsp3) is 0.462. The van der Waals surface area contributed by atoms with Gasteiger partial charge in [0.05, 0.1) is 13.0 Å². The number of hydrogen-bond acceptors (Lipinski definition) is 2. The van der Waals surface area contributed by atoms with Gasteiger partial charge in [-0.2, -0.15) is 0 Å². The van der Waals surface area contributed by atoms with Crippen LogP contribution in [0.15, 0.2) is 24.3 Å². The Morgan fingerprint density at radius 3 is 2.75 bits per heavy atom. The van der Waals surface area contributed by atoms with Crippen LogP contribution in [0.4, 0.5) is 0 Å². The van der Waals surface area contributed by atoms with E-state index >= 15 is 0 Å². The zero-order valence-corrected chi connectivity index (χ0v) is 9.35. The number of carboxylic acid groups (broad SMARTS) is 1. The van der Waals surface area contributed by atoms with Crippen molar-refractivity contribution in [1.82, 2.24) is 0 Å². The third-order valence-electron chi connectivity index (χ3n) is 3.08. The Bertz CT molecular complexity index is 383. The van der Waals surface area contributed by atoms with E-state index in [0.29, 0.717) is 11.7 Å². The van der Waals surface area contributed by atoms with Gasteiger partial charge in [-0.25, -0.2) is 0 Å². The number of ether oxygens (including phenoxy) is 1. The molecule has 0 amide bonds. The van der Waals surface area contributed by atoms with Gasteiger partial charge >= 0.3 is 5.97 Å². The molecule has 1 aromatic carbocycles. The Morgan fingerprint density at radius 2 is 2.19 bits per heavy atom. The zero-order valence-electron chi connectivity index (χ0n) is 9.35. The molecular weight excluding hydrogens is 204 g/mol. The molecule has 3 nitrogen and oxygen atoms in total. The maximum Gasteiger partial charge on any atom is 0.311 e. The molecule has 0 radical (unpaired) electrons. The standard InChI is InChI=1S/C13H16O3/c1-16-12-5-3-2-4-10(12)11(13(14)15)8-9-6-7-9/h2-5,9,11H,6-8H2,1H3,(H,14,15). The largest absolute Gasteiger partial charge is 0.496 e. The molecule has 0 heterocycles. The number of carbonyl (C=O) groups is 1. The number of para-hydroxylation sites is 1. The summed E-state index contributed by atoms with van der Waals surface area (Å²) in [5, 5.41) is 9.27. The molecule has 0 saturated heterocycles. The Hall–Kier alpha value is -1.51. The summed E-state index contributed by atoms with van der Waals surface area (Å²) >= 11 is 0. The molecule has 0 aliphatic heterocycles. The fourth-order valence-corrected chi connectivity index (χ4v) is 2.00. The van der Waals surface area contributed by atoms with E-state index in [0.717, 1.165) is 12.0 Å². The predicted octanol–water partition coefficient (Wildman–Crippen LogP) is 2.66. The van der Waals surface area contributed by atoms with Crippen molar-refractivity contribution in [1.29, 1.82) is 0 Å². The van der Waals surface area contributed by atoms with Gasteiger partial charge in [0.1, 0.15) is 5.75 Å². The molecule has 1 aromatic rings. The minimum Gasteiger partial charge on any atom is -0.496 e. The minimum atomic E-state index is -0.753. The first kappa shape index (κ1) is 11.0. The lowest BCUT2D eigenvalue weighted by Crippen LogP contribution is -2.13. The summed E-state index contributed by atoms with van der Waals surface area (Å²) in [6.07, 6.45) is 3.06. The van der Waals surface area contributed by atoms with Gasteiger partial charge in [-0.05, 0) is 18.4 Å². The summed E-state index contributed by atoms with van der Waals surface area (Å²) in [4.78, 5) is 11.3. The van der Waals surface area contributed by atoms with Crippen LogP contribution in [-0.4, -0.2) is 18.2 Å². The van der Waals surface area contributed by atoms with Gasteiger partial charge in [0.25, 0.3) is 0 Å². The average Bonchev–Trinajstić information content (AvgIpc) is 3.09. The second-order valence-corrected chi connectivity index (χ2v) is 4.31. The third-order valence-corrected chi connectivity index (χ3v) is 3.08. The van der Waals surface area contributed by atoms with Crippen LogP contribution >= 0.6 is 0 Å². The Balaban J connectivity index is 2.25. The molecule has 3 heteroatoms. The van der Waals surface area contributed by atoms with Gasteiger partial charge in [-0.1, -0.05) is 31.0 Å². The lowest BCUT2D eigenvalue weighted by Gasteiger charge is -2.15. The summed E-state index contributed by atoms with van der Waals surface area (Å²) in [5.74, 6) is 0.0848. The Kier molecular flexibility index (Phi) is 3.13. The van der Waals surface area contributed by atoms with E-state index in [2.05, 4.69) is 0 Å². The normalized spacial score (nSPS) is 16.8. The summed E-state index contributed by atoms with van der Waals surface area (Å²) < 4.78 is 5.22. The number of carboxylic acids is 1. The molecule has 1 fully saturated rings. The van der Waals surface area contributed by atoms with Crippen molar-refractivity contribution in [2.75, 3.05) is 7.11 Å². The van der Waals surface area contributed by atoms with Crippen LogP contribution in [0.25, 0.3) is 0 Å². The molecule has 0 bridgehead atoms. The molecular formula is C13H16O3. The highest BCUT2D eigenvalue weighted by Crippen LogP contribution is 2.40. The van der Waals surface area contributed by atoms with Gasteiger partial charge in [-0.3, -0.25) is 4.79 Å². The minimum absolute atomic E-state index is 0.427. The molecule has 0 spiro atoms. The van der Waals surface area contributed by atoms with Crippen LogP contribution in [0, 0.1) is 5.92 Å². The monoisotopic (exact) mass is 220 g/mol. The van der Waals surface area contributed by atoms with Crippen molar-refractivity contribution >= 4 is 5.97 Å². The van der Waals surface area contributed by atoms with Crippen molar-refractivity contribution in [2.24, 2.45) is 5.92 Å². The Morgan fingerprint density at radius 1 is 1.50 bits per heavy atom. The van der Waals surface area contributed by atoms with Crippen molar-refractivity contribution < 1.29 is 14.6 Å². The van der Waals surface area contributed by atoms with Crippen molar-refractivity contribution in [2.45, 2.75) is 25.2 Å². The molecule has 1 atom stereocenters. The van der Waals surface area contributed by atoms with Crippen LogP contribution in [0.2, 0.25) is 0 Å². The number of aliphatic carboxylic acids is 1. The van der Waals surface area contributed by atoms with Crippen LogP contribution in [-0.2, 0) is 4.79 Å². The Labute approximate surface area is 95.0 Å². The van der Waals surface area contributed by atoms with Gasteiger partial charge in [0, 0.05) is 5.56 Å². The van der Waals surface area contributed by atoms with Gasteiger partial charge in [-0.15, -0.1) is 0 Å². The van der Waals surface area contributed by atoms with Crippen molar-refractivity contribution in [3.8, 4) is 5.75 Å². The highest BCUT2D eigenvalue weighted by Gasteiger charge is 2.31. The van der Waals surface area contributed by atoms with E-state index in [1.54, 1.807) is 7.11 Å². The molecule has 86 valence electrons. The second kappa shape index (κ2) is 4.56. The predicted molar refractivity (Wildman–Crippen MR) is 60.7 cm³/mol. The second-order valence-electron chi connectivity index (χ2n) is 4.31. The number of methoxy groups -OCH3 is 1. The van der Waals surface area contributed by atoms with E-state index in [1.165, 1.54) is 12.8 Å². The van der Waals surface area contributed by atoms with Crippen LogP contribution in [0.5, 0.6) is 5.75 Å². The first-order valence-corrected chi connectivity index (χ1v) is 5.58. The summed E-state index contributed by atoms with van der Waals surface area (Å²) in [7, 11) is 1.58. The molecule has 0 aromatic heterocycles. The summed E-state index contributed by atoms with van der Waals surface area (Å²) in [6.45, 7) is 0. The molecule has 1 N–H and O–H groups in total. The summed E-state index contributed by atoms with van der Waals surface area (Å²) in [5.41, 5.74) is 0.796. The van der Waals surface area contributed by atoms with E-state index in [-0.39, 0.29) is 0 Å². The molecule has 1 aliphatic carbocycles. The highest BCUT2D eigenvalue weighted by atomic mass is 16.5. The number of hydrogen-bond donors (Lipinski definition) is 1. The van der Waals surface area contributed by atoms with Crippen LogP contribution < -0.4 is 4.74 Å².